The van der Waals surface area contributed by atoms with Crippen LogP contribution in [0.4, 0.5) is 0 Å². The average Bonchev–Trinajstić information content (AvgIpc) is 3.15. The number of carbonyl (C=O) groups excluding carboxylic acids is 1. The standard InChI is InChI=1S/C21H23N3O4S/c1-13-7-6-8-16(11-13)24-19(15-9-10-17(26-3)18(12-15)27-4)22-23-21(24)29-14(2)20(25)28-5/h6-12,14H,1-5H3/t14-/m0/s1. The number of carbonyl (C=O) groups is 1. The molecule has 2 aromatic carbocycles. The van der Waals surface area contributed by atoms with Gasteiger partial charge in [0.1, 0.15) is 5.25 Å². The summed E-state index contributed by atoms with van der Waals surface area (Å²) in [6, 6.07) is 13.6. The molecule has 8 heteroatoms. The van der Waals surface area contributed by atoms with E-state index in [9.17, 15) is 4.79 Å². The van der Waals surface area contributed by atoms with Crippen molar-refractivity contribution in [3.05, 3.63) is 48.0 Å². The lowest BCUT2D eigenvalue weighted by Crippen LogP contribution is -2.15. The molecule has 1 heterocycles. The molecule has 0 aliphatic heterocycles. The summed E-state index contributed by atoms with van der Waals surface area (Å²) in [6.07, 6.45) is 0. The molecule has 0 saturated carbocycles. The third-order valence-corrected chi connectivity index (χ3v) is 5.37. The van der Waals surface area contributed by atoms with Crippen LogP contribution in [-0.2, 0) is 9.53 Å². The quantitative estimate of drug-likeness (QED) is 0.429. The van der Waals surface area contributed by atoms with E-state index in [1.165, 1.54) is 18.9 Å². The van der Waals surface area contributed by atoms with Crippen molar-refractivity contribution in [3.8, 4) is 28.6 Å². The number of rotatable bonds is 7. The number of ether oxygens (including phenoxy) is 3. The molecule has 3 rings (SSSR count). The Kier molecular flexibility index (Phi) is 6.43. The van der Waals surface area contributed by atoms with Crippen molar-refractivity contribution in [2.75, 3.05) is 21.3 Å². The van der Waals surface area contributed by atoms with Gasteiger partial charge in [0.05, 0.1) is 21.3 Å². The lowest BCUT2D eigenvalue weighted by molar-refractivity contribution is -0.139. The fourth-order valence-electron chi connectivity index (χ4n) is 2.88. The number of methoxy groups -OCH3 is 3. The summed E-state index contributed by atoms with van der Waals surface area (Å²) in [5.74, 6) is 1.55. The Hall–Kier alpha value is -3.00. The predicted octanol–water partition coefficient (Wildman–Crippen LogP) is 3.91. The normalized spacial score (nSPS) is 11.8. The van der Waals surface area contributed by atoms with Crippen molar-refractivity contribution in [2.45, 2.75) is 24.3 Å². The largest absolute Gasteiger partial charge is 0.493 e. The van der Waals surface area contributed by atoms with Crippen LogP contribution < -0.4 is 9.47 Å². The minimum Gasteiger partial charge on any atom is -0.493 e. The maximum atomic E-state index is 11.9. The van der Waals surface area contributed by atoms with Gasteiger partial charge in [-0.2, -0.15) is 0 Å². The molecule has 0 aliphatic rings. The number of nitrogens with zero attached hydrogens (tertiary/aromatic N) is 3. The van der Waals surface area contributed by atoms with E-state index < -0.39 is 5.25 Å². The number of esters is 1. The van der Waals surface area contributed by atoms with Crippen LogP contribution in [0.15, 0.2) is 47.6 Å². The van der Waals surface area contributed by atoms with Crippen LogP contribution in [0, 0.1) is 6.92 Å². The van der Waals surface area contributed by atoms with Crippen molar-refractivity contribution < 1.29 is 19.0 Å². The molecule has 3 aromatic rings. The predicted molar refractivity (Wildman–Crippen MR) is 112 cm³/mol. The monoisotopic (exact) mass is 413 g/mol. The van der Waals surface area contributed by atoms with Gasteiger partial charge in [-0.1, -0.05) is 23.9 Å². The molecule has 0 saturated heterocycles. The highest BCUT2D eigenvalue weighted by Gasteiger charge is 2.23. The van der Waals surface area contributed by atoms with Crippen LogP contribution in [0.5, 0.6) is 11.5 Å². The van der Waals surface area contributed by atoms with Crippen LogP contribution in [-0.4, -0.2) is 47.3 Å². The summed E-state index contributed by atoms with van der Waals surface area (Å²) in [5, 5.41) is 8.93. The Morgan fingerprint density at radius 3 is 2.45 bits per heavy atom. The molecular formula is C21H23N3O4S. The number of hydrogen-bond donors (Lipinski definition) is 0. The number of benzene rings is 2. The highest BCUT2D eigenvalue weighted by Crippen LogP contribution is 2.35. The zero-order valence-electron chi connectivity index (χ0n) is 17.0. The number of aromatic nitrogens is 3. The fourth-order valence-corrected chi connectivity index (χ4v) is 3.77. The third-order valence-electron chi connectivity index (χ3n) is 4.35. The van der Waals surface area contributed by atoms with E-state index in [1.54, 1.807) is 21.1 Å². The van der Waals surface area contributed by atoms with Crippen LogP contribution in [0.3, 0.4) is 0 Å². The van der Waals surface area contributed by atoms with Gasteiger partial charge in [-0.05, 0) is 49.7 Å². The Morgan fingerprint density at radius 2 is 1.79 bits per heavy atom. The van der Waals surface area contributed by atoms with Gasteiger partial charge in [0.25, 0.3) is 0 Å². The Labute approximate surface area is 174 Å². The smallest absolute Gasteiger partial charge is 0.318 e. The second-order valence-corrected chi connectivity index (χ2v) is 7.64. The van der Waals surface area contributed by atoms with Gasteiger partial charge in [-0.15, -0.1) is 10.2 Å². The second-order valence-electron chi connectivity index (χ2n) is 6.33. The summed E-state index contributed by atoms with van der Waals surface area (Å²) in [7, 11) is 4.56. The molecule has 0 bridgehead atoms. The molecule has 152 valence electrons. The minimum atomic E-state index is -0.425. The van der Waals surface area contributed by atoms with Gasteiger partial charge in [-0.25, -0.2) is 0 Å². The average molecular weight is 413 g/mol. The summed E-state index contributed by atoms with van der Waals surface area (Å²) < 4.78 is 17.5. The van der Waals surface area contributed by atoms with E-state index in [1.807, 2.05) is 54.0 Å². The van der Waals surface area contributed by atoms with E-state index in [2.05, 4.69) is 10.2 Å². The molecule has 0 aliphatic carbocycles. The SMILES string of the molecule is COC(=O)[C@H](C)Sc1nnc(-c2ccc(OC)c(OC)c2)n1-c1cccc(C)c1. The molecule has 0 N–H and O–H groups in total. The van der Waals surface area contributed by atoms with Crippen LogP contribution in [0.25, 0.3) is 17.1 Å². The number of hydrogen-bond acceptors (Lipinski definition) is 7. The molecule has 0 fully saturated rings. The Balaban J connectivity index is 2.14. The molecule has 0 spiro atoms. The zero-order chi connectivity index (χ0) is 21.0. The summed E-state index contributed by atoms with van der Waals surface area (Å²) in [6.45, 7) is 3.80. The zero-order valence-corrected chi connectivity index (χ0v) is 17.8. The van der Waals surface area contributed by atoms with E-state index in [0.717, 1.165) is 16.8 Å². The highest BCUT2D eigenvalue weighted by molar-refractivity contribution is 8.00. The van der Waals surface area contributed by atoms with Crippen molar-refractivity contribution in [1.29, 1.82) is 0 Å². The van der Waals surface area contributed by atoms with Crippen molar-refractivity contribution in [3.63, 3.8) is 0 Å². The van der Waals surface area contributed by atoms with Crippen molar-refractivity contribution in [1.82, 2.24) is 14.8 Å². The van der Waals surface area contributed by atoms with Crippen LogP contribution >= 0.6 is 11.8 Å². The van der Waals surface area contributed by atoms with E-state index in [0.29, 0.717) is 22.5 Å². The van der Waals surface area contributed by atoms with Gasteiger partial charge in [-0.3, -0.25) is 9.36 Å². The van der Waals surface area contributed by atoms with E-state index in [-0.39, 0.29) is 5.97 Å². The first kappa shape index (κ1) is 20.7. The molecule has 0 radical (unpaired) electrons. The second kappa shape index (κ2) is 9.00. The fraction of sp³-hybridized carbons (Fsp3) is 0.286. The van der Waals surface area contributed by atoms with Gasteiger partial charge in [0.15, 0.2) is 22.5 Å². The third kappa shape index (κ3) is 4.37. The molecule has 7 nitrogen and oxygen atoms in total. The molecule has 1 aromatic heterocycles. The number of thioether (sulfide) groups is 1. The first-order valence-corrected chi connectivity index (χ1v) is 9.85. The molecular weight excluding hydrogens is 390 g/mol. The maximum absolute atomic E-state index is 11.9. The van der Waals surface area contributed by atoms with E-state index >= 15 is 0 Å². The lowest BCUT2D eigenvalue weighted by Gasteiger charge is -2.14. The summed E-state index contributed by atoms with van der Waals surface area (Å²) in [4.78, 5) is 11.9. The van der Waals surface area contributed by atoms with Crippen LogP contribution in [0.2, 0.25) is 0 Å². The lowest BCUT2D eigenvalue weighted by atomic mass is 10.1. The molecule has 29 heavy (non-hydrogen) atoms. The Morgan fingerprint density at radius 1 is 1.03 bits per heavy atom. The topological polar surface area (TPSA) is 75.5 Å². The molecule has 0 unspecified atom stereocenters. The summed E-state index contributed by atoms with van der Waals surface area (Å²) >= 11 is 1.30. The maximum Gasteiger partial charge on any atom is 0.318 e. The van der Waals surface area contributed by atoms with Crippen LogP contribution in [0.1, 0.15) is 12.5 Å². The highest BCUT2D eigenvalue weighted by atomic mass is 32.2. The minimum absolute atomic E-state index is 0.318. The molecule has 0 amide bonds. The first-order chi connectivity index (χ1) is 14.0. The van der Waals surface area contributed by atoms with Gasteiger partial charge in [0.2, 0.25) is 0 Å². The van der Waals surface area contributed by atoms with Crippen molar-refractivity contribution >= 4 is 17.7 Å². The van der Waals surface area contributed by atoms with Gasteiger partial charge < -0.3 is 14.2 Å². The van der Waals surface area contributed by atoms with Crippen molar-refractivity contribution in [2.24, 2.45) is 0 Å². The number of aryl methyl sites for hydroxylation is 1. The Bertz CT molecular complexity index is 1020. The van der Waals surface area contributed by atoms with Gasteiger partial charge >= 0.3 is 5.97 Å². The first-order valence-electron chi connectivity index (χ1n) is 8.97. The molecule has 1 atom stereocenters. The van der Waals surface area contributed by atoms with Gasteiger partial charge in [0, 0.05) is 11.3 Å². The summed E-state index contributed by atoms with van der Waals surface area (Å²) in [5.41, 5.74) is 2.82. The van der Waals surface area contributed by atoms with E-state index in [4.69, 9.17) is 14.2 Å².